The van der Waals surface area contributed by atoms with Gasteiger partial charge in [-0.1, -0.05) is 54.8 Å². The van der Waals surface area contributed by atoms with Crippen LogP contribution in [0.3, 0.4) is 0 Å². The molecule has 0 aliphatic heterocycles. The second kappa shape index (κ2) is 7.75. The Kier molecular flexibility index (Phi) is 6.23. The van der Waals surface area contributed by atoms with E-state index in [-0.39, 0.29) is 38.5 Å². The van der Waals surface area contributed by atoms with Gasteiger partial charge in [-0.3, -0.25) is 0 Å². The molecule has 22 heavy (non-hydrogen) atoms. The van der Waals surface area contributed by atoms with E-state index in [1.807, 2.05) is 6.07 Å². The predicted molar refractivity (Wildman–Crippen MR) is 85.5 cm³/mol. The molecule has 0 saturated carbocycles. The largest absolute Gasteiger partial charge is 0.329 e. The normalized spacial score (nSPS) is 17.3. The maximum atomic E-state index is 13.6. The van der Waals surface area contributed by atoms with Crippen LogP contribution in [0.4, 0.5) is 4.39 Å². The summed E-state index contributed by atoms with van der Waals surface area (Å²) in [5, 5.41) is 0. The molecular formula is C20H21FY-2. The molecule has 2 atom stereocenters. The maximum absolute atomic E-state index is 13.6. The fourth-order valence-corrected chi connectivity index (χ4v) is 3.18. The molecule has 3 rings (SSSR count). The number of hydrogen-bond donors (Lipinski definition) is 0. The molecule has 0 N–H and O–H groups in total. The molecule has 0 nitrogen and oxygen atoms in total. The van der Waals surface area contributed by atoms with Gasteiger partial charge in [0.15, 0.2) is 0 Å². The summed E-state index contributed by atoms with van der Waals surface area (Å²) in [7, 11) is 0. The monoisotopic (exact) mass is 369 g/mol. The van der Waals surface area contributed by atoms with Crippen molar-refractivity contribution in [3.05, 3.63) is 83.4 Å². The average Bonchev–Trinajstić information content (AvgIpc) is 2.63. The van der Waals surface area contributed by atoms with Gasteiger partial charge in [0.1, 0.15) is 0 Å². The Morgan fingerprint density at radius 2 is 2.00 bits per heavy atom. The first-order chi connectivity index (χ1) is 10.2. The van der Waals surface area contributed by atoms with Crippen molar-refractivity contribution in [2.45, 2.75) is 32.6 Å². The SMILES string of the molecule is C[CH-]C(C)CC1[CH-]c2cc(F)ccc2Cc2ccccc21.[Y]. The Labute approximate surface area is 158 Å². The minimum Gasteiger partial charge on any atom is -0.329 e. The fourth-order valence-electron chi connectivity index (χ4n) is 3.18. The zero-order chi connectivity index (χ0) is 14.8. The molecule has 0 fully saturated rings. The van der Waals surface area contributed by atoms with Crippen LogP contribution in [0, 0.1) is 24.6 Å². The molecule has 2 unspecified atom stereocenters. The maximum Gasteiger partial charge on any atom is 0.0678 e. The van der Waals surface area contributed by atoms with Gasteiger partial charge in [-0.2, -0.15) is 24.8 Å². The molecule has 0 spiro atoms. The van der Waals surface area contributed by atoms with Crippen LogP contribution >= 0.6 is 0 Å². The van der Waals surface area contributed by atoms with Gasteiger partial charge in [0, 0.05) is 32.7 Å². The van der Waals surface area contributed by atoms with E-state index in [1.54, 1.807) is 12.1 Å². The number of fused-ring (bicyclic) bond motifs is 2. The zero-order valence-electron chi connectivity index (χ0n) is 13.2. The van der Waals surface area contributed by atoms with Gasteiger partial charge in [0.2, 0.25) is 0 Å². The van der Waals surface area contributed by atoms with Crippen LogP contribution in [0.5, 0.6) is 0 Å². The molecule has 113 valence electrons. The number of rotatable bonds is 3. The zero-order valence-corrected chi connectivity index (χ0v) is 16.1. The van der Waals surface area contributed by atoms with Gasteiger partial charge in [0.25, 0.3) is 0 Å². The van der Waals surface area contributed by atoms with Crippen molar-refractivity contribution in [1.29, 1.82) is 0 Å². The van der Waals surface area contributed by atoms with Gasteiger partial charge in [-0.15, -0.1) is 17.7 Å². The molecule has 2 aromatic carbocycles. The van der Waals surface area contributed by atoms with Crippen molar-refractivity contribution in [1.82, 2.24) is 0 Å². The van der Waals surface area contributed by atoms with E-state index in [0.717, 1.165) is 18.4 Å². The van der Waals surface area contributed by atoms with Crippen LogP contribution in [-0.2, 0) is 39.1 Å². The minimum absolute atomic E-state index is 0. The van der Waals surface area contributed by atoms with Gasteiger partial charge in [-0.25, -0.2) is 4.39 Å². The summed E-state index contributed by atoms with van der Waals surface area (Å²) in [5.41, 5.74) is 5.04. The van der Waals surface area contributed by atoms with E-state index >= 15 is 0 Å². The van der Waals surface area contributed by atoms with Crippen molar-refractivity contribution < 1.29 is 37.1 Å². The van der Waals surface area contributed by atoms with Gasteiger partial charge in [-0.05, 0) is 12.3 Å². The van der Waals surface area contributed by atoms with E-state index in [1.165, 1.54) is 16.7 Å². The van der Waals surface area contributed by atoms with Crippen molar-refractivity contribution in [3.63, 3.8) is 0 Å². The number of halogens is 1. The van der Waals surface area contributed by atoms with E-state index in [4.69, 9.17) is 0 Å². The molecule has 1 aliphatic rings. The first-order valence-corrected chi connectivity index (χ1v) is 7.68. The summed E-state index contributed by atoms with van der Waals surface area (Å²) in [6.07, 6.45) is 6.46. The first-order valence-electron chi connectivity index (χ1n) is 7.68. The van der Waals surface area contributed by atoms with Crippen molar-refractivity contribution in [2.75, 3.05) is 0 Å². The summed E-state index contributed by atoms with van der Waals surface area (Å²) < 4.78 is 13.6. The van der Waals surface area contributed by atoms with Crippen molar-refractivity contribution in [2.24, 2.45) is 5.92 Å². The quantitative estimate of drug-likeness (QED) is 0.643. The molecule has 0 heterocycles. The third kappa shape index (κ3) is 3.81. The molecule has 1 aliphatic carbocycles. The van der Waals surface area contributed by atoms with Gasteiger partial charge < -0.3 is 6.42 Å². The summed E-state index contributed by atoms with van der Waals surface area (Å²) in [4.78, 5) is 0. The molecule has 0 amide bonds. The van der Waals surface area contributed by atoms with Crippen LogP contribution in [0.2, 0.25) is 0 Å². The number of benzene rings is 2. The van der Waals surface area contributed by atoms with E-state index in [2.05, 4.69) is 51.0 Å². The summed E-state index contributed by atoms with van der Waals surface area (Å²) >= 11 is 0. The van der Waals surface area contributed by atoms with Crippen LogP contribution in [0.15, 0.2) is 42.5 Å². The molecule has 0 saturated heterocycles. The average molecular weight is 369 g/mol. The summed E-state index contributed by atoms with van der Waals surface area (Å²) in [6.45, 7) is 4.36. The van der Waals surface area contributed by atoms with E-state index < -0.39 is 0 Å². The number of hydrogen-bond acceptors (Lipinski definition) is 0. The molecule has 2 heteroatoms. The van der Waals surface area contributed by atoms with E-state index in [0.29, 0.717) is 11.8 Å². The fraction of sp³-hybridized carbons (Fsp3) is 0.300. The Balaban J connectivity index is 0.00000176. The van der Waals surface area contributed by atoms with Crippen LogP contribution in [-0.4, -0.2) is 0 Å². The molecule has 0 aromatic heterocycles. The van der Waals surface area contributed by atoms with Crippen LogP contribution in [0.25, 0.3) is 0 Å². The first kappa shape index (κ1) is 17.7. The van der Waals surface area contributed by atoms with Crippen molar-refractivity contribution >= 4 is 0 Å². The van der Waals surface area contributed by atoms with Crippen LogP contribution in [0.1, 0.15) is 48.4 Å². The summed E-state index contributed by atoms with van der Waals surface area (Å²) in [5.74, 6) is 0.759. The Bertz CT molecular complexity index is 635. The molecule has 1 radical (unpaired) electrons. The second-order valence-electron chi connectivity index (χ2n) is 6.04. The molecule has 0 bridgehead atoms. The third-order valence-corrected chi connectivity index (χ3v) is 4.52. The minimum atomic E-state index is -0.148. The van der Waals surface area contributed by atoms with Crippen molar-refractivity contribution in [3.8, 4) is 0 Å². The topological polar surface area (TPSA) is 0 Å². The molecular weight excluding hydrogens is 348 g/mol. The summed E-state index contributed by atoms with van der Waals surface area (Å²) in [6, 6.07) is 13.8. The Hall–Kier alpha value is -0.656. The molecule has 2 aromatic rings. The third-order valence-electron chi connectivity index (χ3n) is 4.52. The standard InChI is InChI=1S/C20H21F.Y/c1-3-14(2)10-18-12-17-13-19(21)9-8-15(17)11-16-6-4-5-7-20(16)18;/h3-9,12-14,18H,10-11H2,1-2H3;/q-2;. The smallest absolute Gasteiger partial charge is 0.0678 e. The van der Waals surface area contributed by atoms with E-state index in [9.17, 15) is 4.39 Å². The Morgan fingerprint density at radius 1 is 1.23 bits per heavy atom. The van der Waals surface area contributed by atoms with Gasteiger partial charge in [0.05, 0.1) is 5.82 Å². The van der Waals surface area contributed by atoms with Crippen LogP contribution < -0.4 is 0 Å². The predicted octanol–water partition coefficient (Wildman–Crippen LogP) is 5.31. The second-order valence-corrected chi connectivity index (χ2v) is 6.04. The van der Waals surface area contributed by atoms with Gasteiger partial charge >= 0.3 is 0 Å². The Morgan fingerprint density at radius 3 is 2.77 bits per heavy atom.